The van der Waals surface area contributed by atoms with E-state index in [4.69, 9.17) is 10.6 Å². The molecule has 2 rings (SSSR count). The van der Waals surface area contributed by atoms with E-state index >= 15 is 0 Å². The molecule has 0 aromatic carbocycles. The summed E-state index contributed by atoms with van der Waals surface area (Å²) in [7, 11) is 0. The molecule has 3 N–H and O–H groups in total. The van der Waals surface area contributed by atoms with Crippen molar-refractivity contribution in [1.29, 1.82) is 0 Å². The van der Waals surface area contributed by atoms with Crippen molar-refractivity contribution in [3.05, 3.63) is 0 Å². The quantitative estimate of drug-likeness (QED) is 0.573. The van der Waals surface area contributed by atoms with Crippen LogP contribution in [0.15, 0.2) is 0 Å². The van der Waals surface area contributed by atoms with Gasteiger partial charge in [0.05, 0.1) is 11.2 Å². The largest absolute Gasteiger partial charge is 0.369 e. The maximum absolute atomic E-state index is 6.16. The smallest absolute Gasteiger partial charge is 0.0678 e. The van der Waals surface area contributed by atoms with Crippen molar-refractivity contribution in [2.75, 3.05) is 0 Å². The summed E-state index contributed by atoms with van der Waals surface area (Å²) in [5, 5.41) is 0. The molecule has 0 radical (unpaired) electrons. The molecular formula is C13H26N2O. The zero-order valence-electron chi connectivity index (χ0n) is 11.3. The third-order valence-corrected chi connectivity index (χ3v) is 4.52. The first kappa shape index (κ1) is 12.3. The van der Waals surface area contributed by atoms with Crippen molar-refractivity contribution in [3.8, 4) is 0 Å². The second-order valence-corrected chi connectivity index (χ2v) is 7.07. The van der Waals surface area contributed by atoms with Crippen LogP contribution >= 0.6 is 0 Å². The van der Waals surface area contributed by atoms with Gasteiger partial charge in [0, 0.05) is 12.0 Å². The van der Waals surface area contributed by atoms with E-state index in [9.17, 15) is 0 Å². The Balaban J connectivity index is 2.19. The standard InChI is InChI=1S/C13H26N2O/c1-11(2)8-9(12(3,4)16-11)10(15-14)13(5)6-7-13/h9-10,15H,6-8,14H2,1-5H3. The van der Waals surface area contributed by atoms with Gasteiger partial charge >= 0.3 is 0 Å². The normalized spacial score (nSPS) is 36.0. The van der Waals surface area contributed by atoms with Gasteiger partial charge in [-0.05, 0) is 52.4 Å². The van der Waals surface area contributed by atoms with Crippen LogP contribution in [0.4, 0.5) is 0 Å². The molecule has 0 aromatic heterocycles. The first-order valence-electron chi connectivity index (χ1n) is 6.37. The Morgan fingerprint density at radius 3 is 2.06 bits per heavy atom. The number of rotatable bonds is 3. The Labute approximate surface area is 99.1 Å². The van der Waals surface area contributed by atoms with Gasteiger partial charge < -0.3 is 4.74 Å². The van der Waals surface area contributed by atoms with E-state index in [1.807, 2.05) is 0 Å². The van der Waals surface area contributed by atoms with Crippen LogP contribution in [0.3, 0.4) is 0 Å². The number of nitrogens with one attached hydrogen (secondary N) is 1. The second kappa shape index (κ2) is 3.44. The van der Waals surface area contributed by atoms with Crippen molar-refractivity contribution >= 4 is 0 Å². The van der Waals surface area contributed by atoms with Crippen LogP contribution in [0, 0.1) is 11.3 Å². The van der Waals surface area contributed by atoms with Crippen LogP contribution in [0.2, 0.25) is 0 Å². The topological polar surface area (TPSA) is 47.3 Å². The SMILES string of the molecule is CC1(C)CC(C(NN)C2(C)CC2)C(C)(C)O1. The zero-order valence-corrected chi connectivity index (χ0v) is 11.3. The summed E-state index contributed by atoms with van der Waals surface area (Å²) in [6.45, 7) is 11.1. The molecule has 1 aliphatic heterocycles. The lowest BCUT2D eigenvalue weighted by Gasteiger charge is -2.36. The summed E-state index contributed by atoms with van der Waals surface area (Å²) in [4.78, 5) is 0. The fourth-order valence-electron chi connectivity index (χ4n) is 3.44. The molecular weight excluding hydrogens is 200 g/mol. The lowest BCUT2D eigenvalue weighted by atomic mass is 9.76. The minimum atomic E-state index is -0.0772. The monoisotopic (exact) mass is 226 g/mol. The highest BCUT2D eigenvalue weighted by molar-refractivity contribution is 5.08. The van der Waals surface area contributed by atoms with E-state index in [2.05, 4.69) is 40.0 Å². The van der Waals surface area contributed by atoms with E-state index in [1.54, 1.807) is 0 Å². The average Bonchev–Trinajstić information content (AvgIpc) is 2.76. The number of nitrogens with two attached hydrogens (primary N) is 1. The van der Waals surface area contributed by atoms with Gasteiger partial charge in [0.25, 0.3) is 0 Å². The number of hydrogen-bond donors (Lipinski definition) is 2. The molecule has 0 aromatic rings. The Kier molecular flexibility index (Phi) is 2.65. The molecule has 0 spiro atoms. The molecule has 1 aliphatic carbocycles. The Morgan fingerprint density at radius 2 is 1.75 bits per heavy atom. The molecule has 2 fully saturated rings. The minimum Gasteiger partial charge on any atom is -0.369 e. The van der Waals surface area contributed by atoms with E-state index in [0.717, 1.165) is 6.42 Å². The maximum atomic E-state index is 6.16. The summed E-state index contributed by atoms with van der Waals surface area (Å²) in [6, 6.07) is 0.379. The van der Waals surface area contributed by atoms with Gasteiger partial charge in [-0.15, -0.1) is 0 Å². The highest BCUT2D eigenvalue weighted by atomic mass is 16.5. The molecule has 0 amide bonds. The fourth-order valence-corrected chi connectivity index (χ4v) is 3.44. The molecule has 0 bridgehead atoms. The highest BCUT2D eigenvalue weighted by Gasteiger charge is 2.56. The van der Waals surface area contributed by atoms with Crippen LogP contribution < -0.4 is 11.3 Å². The van der Waals surface area contributed by atoms with E-state index in [1.165, 1.54) is 12.8 Å². The Bertz CT molecular complexity index is 282. The number of ether oxygens (including phenoxy) is 1. The predicted octanol–water partition coefficient (Wildman–Crippen LogP) is 2.21. The zero-order chi connectivity index (χ0) is 12.2. The molecule has 3 nitrogen and oxygen atoms in total. The summed E-state index contributed by atoms with van der Waals surface area (Å²) in [5.74, 6) is 6.28. The van der Waals surface area contributed by atoms with Crippen molar-refractivity contribution in [3.63, 3.8) is 0 Å². The summed E-state index contributed by atoms with van der Waals surface area (Å²) in [6.07, 6.45) is 3.66. The van der Waals surface area contributed by atoms with Gasteiger partial charge in [-0.25, -0.2) is 0 Å². The lowest BCUT2D eigenvalue weighted by Crippen LogP contribution is -2.51. The van der Waals surface area contributed by atoms with Gasteiger partial charge in [-0.3, -0.25) is 11.3 Å². The van der Waals surface area contributed by atoms with E-state index in [-0.39, 0.29) is 11.2 Å². The molecule has 1 saturated heterocycles. The van der Waals surface area contributed by atoms with Crippen LogP contribution in [0.1, 0.15) is 53.9 Å². The maximum Gasteiger partial charge on any atom is 0.0678 e. The Morgan fingerprint density at radius 1 is 1.19 bits per heavy atom. The van der Waals surface area contributed by atoms with Crippen LogP contribution in [-0.4, -0.2) is 17.2 Å². The lowest BCUT2D eigenvalue weighted by molar-refractivity contribution is -0.0800. The molecule has 2 aliphatic rings. The summed E-state index contributed by atoms with van der Waals surface area (Å²) >= 11 is 0. The number of hydrogen-bond acceptors (Lipinski definition) is 3. The van der Waals surface area contributed by atoms with Crippen molar-refractivity contribution in [2.24, 2.45) is 17.2 Å². The van der Waals surface area contributed by atoms with E-state index < -0.39 is 0 Å². The number of hydrazine groups is 1. The van der Waals surface area contributed by atoms with Crippen molar-refractivity contribution in [2.45, 2.75) is 71.1 Å². The Hall–Kier alpha value is -0.120. The molecule has 1 heterocycles. The summed E-state index contributed by atoms with van der Waals surface area (Å²) < 4.78 is 6.16. The minimum absolute atomic E-state index is 0.0193. The molecule has 2 atom stereocenters. The molecule has 2 unspecified atom stereocenters. The van der Waals surface area contributed by atoms with Crippen LogP contribution in [0.5, 0.6) is 0 Å². The molecule has 16 heavy (non-hydrogen) atoms. The third-order valence-electron chi connectivity index (χ3n) is 4.52. The second-order valence-electron chi connectivity index (χ2n) is 7.07. The first-order valence-corrected chi connectivity index (χ1v) is 6.37. The first-order chi connectivity index (χ1) is 7.20. The average molecular weight is 226 g/mol. The highest BCUT2D eigenvalue weighted by Crippen LogP contribution is 2.55. The van der Waals surface area contributed by atoms with Crippen LogP contribution in [-0.2, 0) is 4.74 Å². The van der Waals surface area contributed by atoms with Gasteiger partial charge in [-0.2, -0.15) is 0 Å². The molecule has 1 saturated carbocycles. The van der Waals surface area contributed by atoms with Crippen LogP contribution in [0.25, 0.3) is 0 Å². The van der Waals surface area contributed by atoms with Crippen molar-refractivity contribution < 1.29 is 4.74 Å². The predicted molar refractivity (Wildman–Crippen MR) is 65.8 cm³/mol. The van der Waals surface area contributed by atoms with Gasteiger partial charge in [-0.1, -0.05) is 6.92 Å². The van der Waals surface area contributed by atoms with Gasteiger partial charge in [0.15, 0.2) is 0 Å². The van der Waals surface area contributed by atoms with Crippen molar-refractivity contribution in [1.82, 2.24) is 5.43 Å². The molecule has 3 heteroatoms. The van der Waals surface area contributed by atoms with E-state index in [0.29, 0.717) is 17.4 Å². The van der Waals surface area contributed by atoms with Gasteiger partial charge in [0.2, 0.25) is 0 Å². The van der Waals surface area contributed by atoms with Gasteiger partial charge in [0.1, 0.15) is 0 Å². The molecule has 94 valence electrons. The fraction of sp³-hybridized carbons (Fsp3) is 1.00. The third kappa shape index (κ3) is 2.01. The summed E-state index contributed by atoms with van der Waals surface area (Å²) in [5.41, 5.74) is 3.35.